The fourth-order valence-electron chi connectivity index (χ4n) is 1.90. The third-order valence-corrected chi connectivity index (χ3v) is 3.21. The van der Waals surface area contributed by atoms with Gasteiger partial charge in [0.15, 0.2) is 0 Å². The molecule has 120 valence electrons. The summed E-state index contributed by atoms with van der Waals surface area (Å²) in [5, 5.41) is 5.52. The van der Waals surface area contributed by atoms with E-state index in [2.05, 4.69) is 15.4 Å². The average Bonchev–Trinajstić information content (AvgIpc) is 2.56. The molecule has 5 nitrogen and oxygen atoms in total. The van der Waals surface area contributed by atoms with Gasteiger partial charge in [0, 0.05) is 11.4 Å². The molecule has 0 fully saturated rings. The van der Waals surface area contributed by atoms with Crippen molar-refractivity contribution in [3.63, 3.8) is 0 Å². The smallest absolute Gasteiger partial charge is 0.337 e. The van der Waals surface area contributed by atoms with E-state index in [1.54, 1.807) is 43.3 Å². The molecule has 2 aromatic carbocycles. The molecular weight excluding hydrogens is 299 g/mol. The molecule has 6 heteroatoms. The number of halogens is 1. The van der Waals surface area contributed by atoms with Crippen molar-refractivity contribution in [3.8, 4) is 0 Å². The van der Waals surface area contributed by atoms with Gasteiger partial charge in [-0.2, -0.15) is 0 Å². The van der Waals surface area contributed by atoms with Gasteiger partial charge in [-0.15, -0.1) is 0 Å². The predicted molar refractivity (Wildman–Crippen MR) is 86.0 cm³/mol. The van der Waals surface area contributed by atoms with Gasteiger partial charge in [-0.05, 0) is 48.9 Å². The highest BCUT2D eigenvalue weighted by atomic mass is 19.1. The number of hydrogen-bond acceptors (Lipinski definition) is 4. The molecule has 0 radical (unpaired) electrons. The summed E-state index contributed by atoms with van der Waals surface area (Å²) in [4.78, 5) is 23.2. The second-order valence-electron chi connectivity index (χ2n) is 4.93. The molecule has 23 heavy (non-hydrogen) atoms. The Morgan fingerprint density at radius 2 is 1.74 bits per heavy atom. The van der Waals surface area contributed by atoms with Crippen molar-refractivity contribution in [3.05, 3.63) is 59.4 Å². The summed E-state index contributed by atoms with van der Waals surface area (Å²) in [6, 6.07) is 11.0. The van der Waals surface area contributed by atoms with Gasteiger partial charge in [0.2, 0.25) is 5.91 Å². The van der Waals surface area contributed by atoms with Crippen molar-refractivity contribution >= 4 is 23.3 Å². The molecule has 0 aliphatic rings. The summed E-state index contributed by atoms with van der Waals surface area (Å²) in [6.07, 6.45) is 0. The van der Waals surface area contributed by atoms with E-state index in [9.17, 15) is 14.0 Å². The first kappa shape index (κ1) is 16.5. The van der Waals surface area contributed by atoms with Crippen molar-refractivity contribution in [2.24, 2.45) is 0 Å². The van der Waals surface area contributed by atoms with Crippen LogP contribution >= 0.6 is 0 Å². The number of amides is 1. The molecule has 0 saturated carbocycles. The van der Waals surface area contributed by atoms with Crippen LogP contribution in [0.1, 0.15) is 15.9 Å². The monoisotopic (exact) mass is 316 g/mol. The van der Waals surface area contributed by atoms with Gasteiger partial charge >= 0.3 is 5.97 Å². The van der Waals surface area contributed by atoms with Gasteiger partial charge in [-0.3, -0.25) is 4.79 Å². The first-order valence-corrected chi connectivity index (χ1v) is 6.98. The fraction of sp³-hybridized carbons (Fsp3) is 0.176. The van der Waals surface area contributed by atoms with Gasteiger partial charge in [0.05, 0.1) is 19.2 Å². The minimum absolute atomic E-state index is 0.00124. The maximum atomic E-state index is 13.4. The van der Waals surface area contributed by atoms with Gasteiger partial charge in [-0.25, -0.2) is 9.18 Å². The highest BCUT2D eigenvalue weighted by molar-refractivity contribution is 5.95. The standard InChI is InChI=1S/C17H17FN2O3/c1-11-3-6-14(9-15(11)18)19-10-16(21)20-13-7-4-12(5-8-13)17(22)23-2/h3-9,19H,10H2,1-2H3,(H,20,21). The van der Waals surface area contributed by atoms with Crippen LogP contribution in [0.25, 0.3) is 0 Å². The Hall–Kier alpha value is -2.89. The van der Waals surface area contributed by atoms with E-state index in [4.69, 9.17) is 0 Å². The molecule has 2 rings (SSSR count). The molecule has 0 aromatic heterocycles. The number of esters is 1. The molecule has 0 bridgehead atoms. The van der Waals surface area contributed by atoms with Crippen LogP contribution < -0.4 is 10.6 Å². The molecule has 1 amide bonds. The highest BCUT2D eigenvalue weighted by Gasteiger charge is 2.07. The zero-order valence-electron chi connectivity index (χ0n) is 12.9. The van der Waals surface area contributed by atoms with E-state index in [0.717, 1.165) is 0 Å². The third kappa shape index (κ3) is 4.54. The Labute approximate surface area is 133 Å². The number of anilines is 2. The van der Waals surface area contributed by atoms with E-state index in [1.165, 1.54) is 13.2 Å². The van der Waals surface area contributed by atoms with Crippen molar-refractivity contribution < 1.29 is 18.7 Å². The summed E-state index contributed by atoms with van der Waals surface area (Å²) >= 11 is 0. The summed E-state index contributed by atoms with van der Waals surface area (Å²) in [7, 11) is 1.30. The second-order valence-corrected chi connectivity index (χ2v) is 4.93. The largest absolute Gasteiger partial charge is 0.465 e. The zero-order chi connectivity index (χ0) is 16.8. The van der Waals surface area contributed by atoms with Gasteiger partial charge in [-0.1, -0.05) is 6.07 Å². The second kappa shape index (κ2) is 7.40. The maximum Gasteiger partial charge on any atom is 0.337 e. The number of nitrogens with one attached hydrogen (secondary N) is 2. The maximum absolute atomic E-state index is 13.4. The molecular formula is C17H17FN2O3. The number of benzene rings is 2. The van der Waals surface area contributed by atoms with Crippen LogP contribution in [0.3, 0.4) is 0 Å². The first-order chi connectivity index (χ1) is 11.0. The lowest BCUT2D eigenvalue weighted by Crippen LogP contribution is -2.21. The number of hydrogen-bond donors (Lipinski definition) is 2. The van der Waals surface area contributed by atoms with Crippen LogP contribution in [0.15, 0.2) is 42.5 Å². The third-order valence-electron chi connectivity index (χ3n) is 3.21. The first-order valence-electron chi connectivity index (χ1n) is 6.98. The Kier molecular flexibility index (Phi) is 5.30. The quantitative estimate of drug-likeness (QED) is 0.832. The lowest BCUT2D eigenvalue weighted by Gasteiger charge is -2.09. The number of methoxy groups -OCH3 is 1. The van der Waals surface area contributed by atoms with E-state index < -0.39 is 5.97 Å². The highest BCUT2D eigenvalue weighted by Crippen LogP contribution is 2.14. The zero-order valence-corrected chi connectivity index (χ0v) is 12.9. The van der Waals surface area contributed by atoms with Crippen molar-refractivity contribution in [1.29, 1.82) is 0 Å². The van der Waals surface area contributed by atoms with Crippen molar-refractivity contribution in [2.45, 2.75) is 6.92 Å². The normalized spacial score (nSPS) is 10.0. The Morgan fingerprint density at radius 1 is 1.09 bits per heavy atom. The van der Waals surface area contributed by atoms with Gasteiger partial charge in [0.1, 0.15) is 5.82 Å². The molecule has 2 aromatic rings. The van der Waals surface area contributed by atoms with Crippen LogP contribution in [0.4, 0.5) is 15.8 Å². The van der Waals surface area contributed by atoms with Crippen LogP contribution in [-0.2, 0) is 9.53 Å². The molecule has 0 saturated heterocycles. The molecule has 0 spiro atoms. The van der Waals surface area contributed by atoms with Crippen LogP contribution in [0, 0.1) is 12.7 Å². The lowest BCUT2D eigenvalue weighted by molar-refractivity contribution is -0.114. The molecule has 2 N–H and O–H groups in total. The number of ether oxygens (including phenoxy) is 1. The molecule has 0 heterocycles. The topological polar surface area (TPSA) is 67.4 Å². The van der Waals surface area contributed by atoms with Crippen molar-refractivity contribution in [1.82, 2.24) is 0 Å². The Bertz CT molecular complexity index is 714. The molecule has 0 unspecified atom stereocenters. The summed E-state index contributed by atoms with van der Waals surface area (Å²) in [5.41, 5.74) is 2.04. The van der Waals surface area contributed by atoms with Crippen LogP contribution in [0.5, 0.6) is 0 Å². The Balaban J connectivity index is 1.89. The summed E-state index contributed by atoms with van der Waals surface area (Å²) in [6.45, 7) is 1.67. The minimum atomic E-state index is -0.439. The van der Waals surface area contributed by atoms with E-state index in [0.29, 0.717) is 22.5 Å². The van der Waals surface area contributed by atoms with E-state index in [1.807, 2.05) is 0 Å². The molecule has 0 aliphatic heterocycles. The molecule has 0 atom stereocenters. The summed E-state index contributed by atoms with van der Waals surface area (Å²) < 4.78 is 18.0. The van der Waals surface area contributed by atoms with E-state index >= 15 is 0 Å². The fourth-order valence-corrected chi connectivity index (χ4v) is 1.90. The van der Waals surface area contributed by atoms with Gasteiger partial charge in [0.25, 0.3) is 0 Å². The number of rotatable bonds is 5. The average molecular weight is 316 g/mol. The predicted octanol–water partition coefficient (Wildman–Crippen LogP) is 2.97. The van der Waals surface area contributed by atoms with Crippen LogP contribution in [0.2, 0.25) is 0 Å². The molecule has 0 aliphatic carbocycles. The van der Waals surface area contributed by atoms with Crippen LogP contribution in [-0.4, -0.2) is 25.5 Å². The number of aryl methyl sites for hydroxylation is 1. The number of carbonyl (C=O) groups is 2. The minimum Gasteiger partial charge on any atom is -0.465 e. The Morgan fingerprint density at radius 3 is 2.35 bits per heavy atom. The number of carbonyl (C=O) groups excluding carboxylic acids is 2. The summed E-state index contributed by atoms with van der Waals surface area (Å²) in [5.74, 6) is -1.04. The van der Waals surface area contributed by atoms with E-state index in [-0.39, 0.29) is 18.3 Å². The lowest BCUT2D eigenvalue weighted by atomic mass is 10.2. The SMILES string of the molecule is COC(=O)c1ccc(NC(=O)CNc2ccc(C)c(F)c2)cc1. The van der Waals surface area contributed by atoms with Gasteiger partial charge < -0.3 is 15.4 Å². The van der Waals surface area contributed by atoms with Crippen molar-refractivity contribution in [2.75, 3.05) is 24.3 Å².